The van der Waals surface area contributed by atoms with Gasteiger partial charge in [-0.1, -0.05) is 41.4 Å². The molecule has 0 aliphatic rings. The van der Waals surface area contributed by atoms with E-state index >= 15 is 0 Å². The molecule has 1 aromatic heterocycles. The quantitative estimate of drug-likeness (QED) is 0.755. The standard InChI is InChI=1S/C20H18ClN3O2/c1-13-3-5-15(6-4-13)18-11-12-19(25)24(23-18)14(2)20(26)22-17-9-7-16(21)8-10-17/h3-12,14H,1-2H3,(H,22,26)/t14-/m1/s1. The van der Waals surface area contributed by atoms with Crippen LogP contribution in [0.5, 0.6) is 0 Å². The highest BCUT2D eigenvalue weighted by Gasteiger charge is 2.18. The maximum Gasteiger partial charge on any atom is 0.267 e. The Hall–Kier alpha value is -2.92. The molecule has 0 aliphatic heterocycles. The van der Waals surface area contributed by atoms with Crippen molar-refractivity contribution < 1.29 is 4.79 Å². The van der Waals surface area contributed by atoms with Gasteiger partial charge in [0, 0.05) is 22.3 Å². The third-order valence-corrected chi connectivity index (χ3v) is 4.28. The number of halogens is 1. The monoisotopic (exact) mass is 367 g/mol. The summed E-state index contributed by atoms with van der Waals surface area (Å²) in [5.74, 6) is -0.331. The third kappa shape index (κ3) is 4.00. The number of hydrogen-bond acceptors (Lipinski definition) is 3. The van der Waals surface area contributed by atoms with Crippen molar-refractivity contribution in [3.8, 4) is 11.3 Å². The van der Waals surface area contributed by atoms with Crippen molar-refractivity contribution in [2.75, 3.05) is 5.32 Å². The normalized spacial score (nSPS) is 11.8. The van der Waals surface area contributed by atoms with Gasteiger partial charge in [-0.15, -0.1) is 0 Å². The van der Waals surface area contributed by atoms with Gasteiger partial charge < -0.3 is 5.32 Å². The Balaban J connectivity index is 1.86. The molecule has 1 amide bonds. The molecule has 132 valence electrons. The first-order valence-electron chi connectivity index (χ1n) is 8.17. The lowest BCUT2D eigenvalue weighted by Gasteiger charge is -2.15. The van der Waals surface area contributed by atoms with Crippen LogP contribution >= 0.6 is 11.6 Å². The van der Waals surface area contributed by atoms with Crippen LogP contribution in [0.2, 0.25) is 5.02 Å². The van der Waals surface area contributed by atoms with E-state index < -0.39 is 6.04 Å². The number of carbonyl (C=O) groups is 1. The molecule has 0 fully saturated rings. The van der Waals surface area contributed by atoms with E-state index in [1.54, 1.807) is 37.3 Å². The van der Waals surface area contributed by atoms with E-state index in [2.05, 4.69) is 10.4 Å². The van der Waals surface area contributed by atoms with Crippen molar-refractivity contribution in [3.63, 3.8) is 0 Å². The predicted molar refractivity (Wildman–Crippen MR) is 103 cm³/mol. The van der Waals surface area contributed by atoms with E-state index in [1.807, 2.05) is 31.2 Å². The summed E-state index contributed by atoms with van der Waals surface area (Å²) >= 11 is 5.84. The van der Waals surface area contributed by atoms with E-state index in [0.29, 0.717) is 16.4 Å². The molecule has 0 saturated heterocycles. The first-order valence-corrected chi connectivity index (χ1v) is 8.55. The van der Waals surface area contributed by atoms with E-state index in [1.165, 1.54) is 10.7 Å². The van der Waals surface area contributed by atoms with Crippen LogP contribution in [-0.2, 0) is 4.79 Å². The summed E-state index contributed by atoms with van der Waals surface area (Å²) in [5, 5.41) is 7.72. The number of anilines is 1. The molecule has 0 unspecified atom stereocenters. The molecule has 0 saturated carbocycles. The largest absolute Gasteiger partial charge is 0.324 e. The maximum atomic E-state index is 12.5. The van der Waals surface area contributed by atoms with Gasteiger partial charge in [-0.25, -0.2) is 4.68 Å². The van der Waals surface area contributed by atoms with Crippen LogP contribution < -0.4 is 10.9 Å². The highest BCUT2D eigenvalue weighted by atomic mass is 35.5. The highest BCUT2D eigenvalue weighted by Crippen LogP contribution is 2.18. The smallest absolute Gasteiger partial charge is 0.267 e. The molecule has 0 aliphatic carbocycles. The molecule has 0 bridgehead atoms. The molecule has 3 rings (SSSR count). The van der Waals surface area contributed by atoms with Crippen LogP contribution in [0.4, 0.5) is 5.69 Å². The Morgan fingerprint density at radius 2 is 1.69 bits per heavy atom. The second kappa shape index (κ2) is 7.54. The van der Waals surface area contributed by atoms with Crippen molar-refractivity contribution in [2.45, 2.75) is 19.9 Å². The molecule has 2 aromatic carbocycles. The number of amides is 1. The fourth-order valence-corrected chi connectivity index (χ4v) is 2.60. The van der Waals surface area contributed by atoms with Crippen LogP contribution in [0.15, 0.2) is 65.5 Å². The lowest BCUT2D eigenvalue weighted by atomic mass is 10.1. The van der Waals surface area contributed by atoms with Gasteiger partial charge in [-0.2, -0.15) is 5.10 Å². The second-order valence-corrected chi connectivity index (χ2v) is 6.48. The number of rotatable bonds is 4. The number of aryl methyl sites for hydroxylation is 1. The molecular weight excluding hydrogens is 350 g/mol. The van der Waals surface area contributed by atoms with E-state index in [4.69, 9.17) is 11.6 Å². The Morgan fingerprint density at radius 3 is 2.35 bits per heavy atom. The van der Waals surface area contributed by atoms with Gasteiger partial charge in [0.1, 0.15) is 6.04 Å². The number of nitrogens with one attached hydrogen (secondary N) is 1. The molecule has 6 heteroatoms. The first-order chi connectivity index (χ1) is 12.4. The molecule has 1 N–H and O–H groups in total. The Bertz CT molecular complexity index is 979. The van der Waals surface area contributed by atoms with Crippen LogP contribution in [0, 0.1) is 6.92 Å². The summed E-state index contributed by atoms with van der Waals surface area (Å²) in [6.07, 6.45) is 0. The summed E-state index contributed by atoms with van der Waals surface area (Å²) in [6.45, 7) is 3.64. The van der Waals surface area contributed by atoms with Crippen LogP contribution in [-0.4, -0.2) is 15.7 Å². The minimum atomic E-state index is -0.761. The van der Waals surface area contributed by atoms with Crippen LogP contribution in [0.1, 0.15) is 18.5 Å². The molecule has 26 heavy (non-hydrogen) atoms. The van der Waals surface area contributed by atoms with Gasteiger partial charge in [-0.3, -0.25) is 9.59 Å². The van der Waals surface area contributed by atoms with E-state index in [-0.39, 0.29) is 11.5 Å². The lowest BCUT2D eigenvalue weighted by Crippen LogP contribution is -2.33. The lowest BCUT2D eigenvalue weighted by molar-refractivity contribution is -0.119. The zero-order valence-corrected chi connectivity index (χ0v) is 15.2. The summed E-state index contributed by atoms with van der Waals surface area (Å²) in [5.41, 5.74) is 2.93. The first kappa shape index (κ1) is 17.9. The zero-order chi connectivity index (χ0) is 18.7. The average molecular weight is 368 g/mol. The van der Waals surface area contributed by atoms with Crippen molar-refractivity contribution in [2.24, 2.45) is 0 Å². The fourth-order valence-electron chi connectivity index (χ4n) is 2.47. The number of benzene rings is 2. The summed E-state index contributed by atoms with van der Waals surface area (Å²) in [4.78, 5) is 24.7. The SMILES string of the molecule is Cc1ccc(-c2ccc(=O)n([C@H](C)C(=O)Nc3ccc(Cl)cc3)n2)cc1. The van der Waals surface area contributed by atoms with Gasteiger partial charge in [-0.05, 0) is 44.2 Å². The minimum Gasteiger partial charge on any atom is -0.324 e. The molecule has 5 nitrogen and oxygen atoms in total. The van der Waals surface area contributed by atoms with Crippen LogP contribution in [0.3, 0.4) is 0 Å². The van der Waals surface area contributed by atoms with Crippen LogP contribution in [0.25, 0.3) is 11.3 Å². The number of nitrogens with zero attached hydrogens (tertiary/aromatic N) is 2. The number of aromatic nitrogens is 2. The van der Waals surface area contributed by atoms with E-state index in [0.717, 1.165) is 11.1 Å². The molecule has 0 radical (unpaired) electrons. The fraction of sp³-hybridized carbons (Fsp3) is 0.150. The Kier molecular flexibility index (Phi) is 5.19. The summed E-state index contributed by atoms with van der Waals surface area (Å²) in [6, 6.07) is 16.9. The number of carbonyl (C=O) groups excluding carboxylic acids is 1. The zero-order valence-electron chi connectivity index (χ0n) is 14.4. The maximum absolute atomic E-state index is 12.5. The Labute approximate surface area is 156 Å². The van der Waals surface area contributed by atoms with Gasteiger partial charge >= 0.3 is 0 Å². The Morgan fingerprint density at radius 1 is 1.04 bits per heavy atom. The predicted octanol–water partition coefficient (Wildman–Crippen LogP) is 4.07. The topological polar surface area (TPSA) is 64.0 Å². The molecule has 0 spiro atoms. The van der Waals surface area contributed by atoms with Gasteiger partial charge in [0.25, 0.3) is 5.56 Å². The molecule has 1 atom stereocenters. The second-order valence-electron chi connectivity index (χ2n) is 6.04. The minimum absolute atomic E-state index is 0.331. The third-order valence-electron chi connectivity index (χ3n) is 4.03. The molecule has 1 heterocycles. The van der Waals surface area contributed by atoms with Gasteiger partial charge in [0.15, 0.2) is 0 Å². The van der Waals surface area contributed by atoms with Crippen molar-refractivity contribution >= 4 is 23.2 Å². The van der Waals surface area contributed by atoms with Gasteiger partial charge in [0.05, 0.1) is 5.69 Å². The van der Waals surface area contributed by atoms with E-state index in [9.17, 15) is 9.59 Å². The number of hydrogen-bond donors (Lipinski definition) is 1. The van der Waals surface area contributed by atoms with Crippen molar-refractivity contribution in [1.29, 1.82) is 0 Å². The van der Waals surface area contributed by atoms with Gasteiger partial charge in [0.2, 0.25) is 5.91 Å². The average Bonchev–Trinajstić information content (AvgIpc) is 2.64. The van der Waals surface area contributed by atoms with Crippen molar-refractivity contribution in [3.05, 3.63) is 81.6 Å². The molecule has 3 aromatic rings. The summed E-state index contributed by atoms with van der Waals surface area (Å²) in [7, 11) is 0. The molecular formula is C20H18ClN3O2. The highest BCUT2D eigenvalue weighted by molar-refractivity contribution is 6.30. The van der Waals surface area contributed by atoms with Crippen molar-refractivity contribution in [1.82, 2.24) is 9.78 Å². The summed E-state index contributed by atoms with van der Waals surface area (Å²) < 4.78 is 1.19.